The van der Waals surface area contributed by atoms with Crippen molar-refractivity contribution in [3.8, 4) is 0 Å². The fourth-order valence-electron chi connectivity index (χ4n) is 1.23. The molecule has 0 aliphatic carbocycles. The molecule has 0 aromatic heterocycles. The lowest BCUT2D eigenvalue weighted by Gasteiger charge is -2.21. The molecule has 1 amide bonds. The minimum Gasteiger partial charge on any atom is -0.326 e. The highest BCUT2D eigenvalue weighted by molar-refractivity contribution is 7.92. The van der Waals surface area contributed by atoms with Gasteiger partial charge in [0.25, 0.3) is 0 Å². The minimum atomic E-state index is -3.47. The third-order valence-electron chi connectivity index (χ3n) is 2.89. The molecule has 0 unspecified atom stereocenters. The molecule has 5 nitrogen and oxygen atoms in total. The molecule has 0 spiro atoms. The second kappa shape index (κ2) is 5.07. The molecule has 0 aliphatic rings. The van der Waals surface area contributed by atoms with Crippen LogP contribution in [0.2, 0.25) is 0 Å². The normalized spacial score (nSPS) is 12.2. The Balaban J connectivity index is 2.95. The molecule has 6 heteroatoms. The molecule has 0 heterocycles. The number of anilines is 1. The van der Waals surface area contributed by atoms with Crippen LogP contribution in [-0.4, -0.2) is 25.3 Å². The lowest BCUT2D eigenvalue weighted by molar-refractivity contribution is -0.117. The smallest absolute Gasteiger partial charge is 0.245 e. The zero-order valence-corrected chi connectivity index (χ0v) is 11.5. The first kappa shape index (κ1) is 14.7. The van der Waals surface area contributed by atoms with Crippen molar-refractivity contribution in [1.82, 2.24) is 0 Å². The lowest BCUT2D eigenvalue weighted by atomic mass is 10.1. The molecule has 0 bridgehead atoms. The van der Waals surface area contributed by atoms with E-state index in [-0.39, 0.29) is 0 Å². The van der Waals surface area contributed by atoms with Crippen LogP contribution in [0.25, 0.3) is 0 Å². The van der Waals surface area contributed by atoms with Crippen molar-refractivity contribution in [1.29, 1.82) is 0 Å². The van der Waals surface area contributed by atoms with Crippen LogP contribution in [0.1, 0.15) is 19.4 Å². The number of carbonyl (C=O) groups is 1. The van der Waals surface area contributed by atoms with E-state index in [0.29, 0.717) is 12.2 Å². The summed E-state index contributed by atoms with van der Waals surface area (Å²) in [5.41, 5.74) is 6.90. The first-order chi connectivity index (χ1) is 8.18. The van der Waals surface area contributed by atoms with E-state index in [0.717, 1.165) is 11.8 Å². The van der Waals surface area contributed by atoms with Crippen molar-refractivity contribution in [3.63, 3.8) is 0 Å². The van der Waals surface area contributed by atoms with Gasteiger partial charge in [0.05, 0.1) is 0 Å². The van der Waals surface area contributed by atoms with Crippen molar-refractivity contribution in [2.45, 2.75) is 25.1 Å². The van der Waals surface area contributed by atoms with Gasteiger partial charge in [-0.05, 0) is 31.5 Å². The van der Waals surface area contributed by atoms with Crippen LogP contribution in [0, 0.1) is 0 Å². The third kappa shape index (κ3) is 3.08. The molecule has 0 radical (unpaired) electrons. The first-order valence-corrected chi connectivity index (χ1v) is 7.37. The Bertz CT molecular complexity index is 550. The Morgan fingerprint density at radius 3 is 2.50 bits per heavy atom. The van der Waals surface area contributed by atoms with Gasteiger partial charge < -0.3 is 11.1 Å². The van der Waals surface area contributed by atoms with Crippen molar-refractivity contribution >= 4 is 21.4 Å². The molecule has 18 heavy (non-hydrogen) atoms. The topological polar surface area (TPSA) is 89.3 Å². The van der Waals surface area contributed by atoms with E-state index in [1.165, 1.54) is 13.8 Å². The zero-order chi connectivity index (χ0) is 14.0. The monoisotopic (exact) mass is 270 g/mol. The van der Waals surface area contributed by atoms with Gasteiger partial charge in [0.1, 0.15) is 4.75 Å². The fraction of sp³-hybridized carbons (Fsp3) is 0.417. The Labute approximate surface area is 107 Å². The van der Waals surface area contributed by atoms with Crippen LogP contribution in [-0.2, 0) is 21.2 Å². The standard InChI is InChI=1S/C12H18N2O3S/c1-12(2,18(3,16)17)11(15)14-10-6-4-5-9(7-10)8-13/h4-7H,8,13H2,1-3H3,(H,14,15). The van der Waals surface area contributed by atoms with Gasteiger partial charge >= 0.3 is 0 Å². The Morgan fingerprint density at radius 1 is 1.39 bits per heavy atom. The number of rotatable bonds is 4. The van der Waals surface area contributed by atoms with Crippen LogP contribution in [0.4, 0.5) is 5.69 Å². The predicted octanol–water partition coefficient (Wildman–Crippen LogP) is 0.907. The van der Waals surface area contributed by atoms with Gasteiger partial charge in [-0.15, -0.1) is 0 Å². The van der Waals surface area contributed by atoms with Crippen LogP contribution in [0.15, 0.2) is 24.3 Å². The van der Waals surface area contributed by atoms with E-state index in [2.05, 4.69) is 5.32 Å². The van der Waals surface area contributed by atoms with Gasteiger partial charge in [-0.3, -0.25) is 4.79 Å². The summed E-state index contributed by atoms with van der Waals surface area (Å²) in [5, 5.41) is 2.59. The molecule has 0 atom stereocenters. The number of carbonyl (C=O) groups excluding carboxylic acids is 1. The average molecular weight is 270 g/mol. The van der Waals surface area contributed by atoms with E-state index in [9.17, 15) is 13.2 Å². The fourth-order valence-corrected chi connectivity index (χ4v) is 1.61. The highest BCUT2D eigenvalue weighted by Crippen LogP contribution is 2.19. The molecular formula is C12H18N2O3S. The van der Waals surface area contributed by atoms with Gasteiger partial charge in [0.2, 0.25) is 5.91 Å². The van der Waals surface area contributed by atoms with Crippen molar-refractivity contribution in [2.24, 2.45) is 5.73 Å². The van der Waals surface area contributed by atoms with Gasteiger partial charge in [-0.2, -0.15) is 0 Å². The van der Waals surface area contributed by atoms with Crippen LogP contribution in [0.3, 0.4) is 0 Å². The summed E-state index contributed by atoms with van der Waals surface area (Å²) in [7, 11) is -3.47. The minimum absolute atomic E-state index is 0.360. The second-order valence-electron chi connectivity index (χ2n) is 4.64. The molecular weight excluding hydrogens is 252 g/mol. The zero-order valence-electron chi connectivity index (χ0n) is 10.7. The maximum atomic E-state index is 12.0. The van der Waals surface area contributed by atoms with E-state index in [1.54, 1.807) is 18.2 Å². The summed E-state index contributed by atoms with van der Waals surface area (Å²) in [4.78, 5) is 12.0. The van der Waals surface area contributed by atoms with Crippen LogP contribution < -0.4 is 11.1 Å². The molecule has 100 valence electrons. The predicted molar refractivity (Wildman–Crippen MR) is 71.9 cm³/mol. The maximum Gasteiger partial charge on any atom is 0.245 e. The van der Waals surface area contributed by atoms with Crippen molar-refractivity contribution in [2.75, 3.05) is 11.6 Å². The van der Waals surface area contributed by atoms with Crippen molar-refractivity contribution < 1.29 is 13.2 Å². The summed E-state index contributed by atoms with van der Waals surface area (Å²) in [6.07, 6.45) is 1.04. The van der Waals surface area contributed by atoms with E-state index in [1.807, 2.05) is 6.07 Å². The van der Waals surface area contributed by atoms with Crippen molar-refractivity contribution in [3.05, 3.63) is 29.8 Å². The quantitative estimate of drug-likeness (QED) is 0.851. The number of nitrogens with one attached hydrogen (secondary N) is 1. The van der Waals surface area contributed by atoms with Gasteiger partial charge in [-0.25, -0.2) is 8.42 Å². The molecule has 0 aliphatic heterocycles. The third-order valence-corrected chi connectivity index (χ3v) is 4.93. The van der Waals surface area contributed by atoms with Crippen LogP contribution in [0.5, 0.6) is 0 Å². The molecule has 0 saturated heterocycles. The first-order valence-electron chi connectivity index (χ1n) is 5.48. The highest BCUT2D eigenvalue weighted by atomic mass is 32.2. The highest BCUT2D eigenvalue weighted by Gasteiger charge is 2.38. The van der Waals surface area contributed by atoms with Gasteiger partial charge in [0, 0.05) is 18.5 Å². The lowest BCUT2D eigenvalue weighted by Crippen LogP contribution is -2.43. The number of sulfone groups is 1. The Hall–Kier alpha value is -1.40. The number of nitrogens with two attached hydrogens (primary N) is 1. The summed E-state index contributed by atoms with van der Waals surface area (Å²) in [6, 6.07) is 6.99. The van der Waals surface area contributed by atoms with Gasteiger partial charge in [0.15, 0.2) is 9.84 Å². The number of amides is 1. The molecule has 1 aromatic rings. The van der Waals surface area contributed by atoms with E-state index < -0.39 is 20.5 Å². The van der Waals surface area contributed by atoms with Gasteiger partial charge in [-0.1, -0.05) is 12.1 Å². The average Bonchev–Trinajstić information content (AvgIpc) is 2.27. The van der Waals surface area contributed by atoms with Crippen LogP contribution >= 0.6 is 0 Å². The summed E-state index contributed by atoms with van der Waals surface area (Å²) < 4.78 is 21.6. The summed E-state index contributed by atoms with van der Waals surface area (Å²) in [6.45, 7) is 3.12. The SMILES string of the molecule is CC(C)(C(=O)Nc1cccc(CN)c1)S(C)(=O)=O. The summed E-state index contributed by atoms with van der Waals surface area (Å²) >= 11 is 0. The number of hydrogen-bond donors (Lipinski definition) is 2. The Kier molecular flexibility index (Phi) is 4.13. The Morgan fingerprint density at radius 2 is 2.00 bits per heavy atom. The maximum absolute atomic E-state index is 12.0. The number of benzene rings is 1. The molecule has 1 rings (SSSR count). The van der Waals surface area contributed by atoms with E-state index >= 15 is 0 Å². The molecule has 0 fully saturated rings. The largest absolute Gasteiger partial charge is 0.326 e. The molecule has 1 aromatic carbocycles. The second-order valence-corrected chi connectivity index (χ2v) is 7.21. The molecule has 0 saturated carbocycles. The molecule has 3 N–H and O–H groups in total. The summed E-state index contributed by atoms with van der Waals surface area (Å²) in [5.74, 6) is -0.556. The number of hydrogen-bond acceptors (Lipinski definition) is 4. The van der Waals surface area contributed by atoms with E-state index in [4.69, 9.17) is 5.73 Å².